The van der Waals surface area contributed by atoms with E-state index < -0.39 is 75.2 Å². The number of methoxy groups -OCH3 is 2. The third-order valence-electron chi connectivity index (χ3n) is 15.4. The highest BCUT2D eigenvalue weighted by Gasteiger charge is 2.47. The highest BCUT2D eigenvalue weighted by atomic mass is 32.5. The molecule has 2 amide bonds. The van der Waals surface area contributed by atoms with Gasteiger partial charge in [0.15, 0.2) is 17.0 Å². The van der Waals surface area contributed by atoms with E-state index in [4.69, 9.17) is 63.1 Å². The number of nitrogens with one attached hydrogen (secondary N) is 2. The highest BCUT2D eigenvalue weighted by Crippen LogP contribution is 2.56. The van der Waals surface area contributed by atoms with Crippen LogP contribution in [0.2, 0.25) is 0 Å². The highest BCUT2D eigenvalue weighted by molar-refractivity contribution is 8.07. The second-order valence-corrected chi connectivity index (χ2v) is 26.4. The maximum Gasteiger partial charge on any atom is 0.351 e. The molecule has 0 bridgehead atoms. The van der Waals surface area contributed by atoms with Crippen molar-refractivity contribution in [1.82, 2.24) is 33.7 Å². The first-order valence-corrected chi connectivity index (χ1v) is 33.8. The monoisotopic (exact) mass is 1320 g/mol. The largest absolute Gasteiger partial charge is 0.497 e. The lowest BCUT2D eigenvalue weighted by atomic mass is 9.80. The molecule has 484 valence electrons. The Balaban J connectivity index is 1.00. The van der Waals surface area contributed by atoms with Crippen LogP contribution < -0.4 is 25.8 Å². The molecule has 2 fully saturated rings. The summed E-state index contributed by atoms with van der Waals surface area (Å²) in [5.41, 5.74) is 1.67. The van der Waals surface area contributed by atoms with Crippen molar-refractivity contribution in [2.24, 2.45) is 0 Å². The average molecular weight is 1320 g/mol. The molecule has 24 nitrogen and oxygen atoms in total. The minimum absolute atomic E-state index is 0.0303. The molecule has 2 saturated heterocycles. The van der Waals surface area contributed by atoms with E-state index in [0.717, 1.165) is 16.7 Å². The second-order valence-electron chi connectivity index (χ2n) is 22.1. The molecule has 0 spiro atoms. The van der Waals surface area contributed by atoms with E-state index in [1.54, 1.807) is 79.7 Å². The first-order valence-electron chi connectivity index (χ1n) is 30.1. The van der Waals surface area contributed by atoms with E-state index in [2.05, 4.69) is 42.4 Å². The van der Waals surface area contributed by atoms with Gasteiger partial charge in [0.1, 0.15) is 53.9 Å². The smallest absolute Gasteiger partial charge is 0.351 e. The lowest BCUT2D eigenvalue weighted by molar-refractivity contribution is -0.0928. The summed E-state index contributed by atoms with van der Waals surface area (Å²) in [7, 11) is 1.32. The summed E-state index contributed by atoms with van der Waals surface area (Å²) in [6.45, 7) is 3.43. The van der Waals surface area contributed by atoms with E-state index in [-0.39, 0.29) is 81.3 Å². The zero-order chi connectivity index (χ0) is 65.5. The van der Waals surface area contributed by atoms with Crippen molar-refractivity contribution in [3.8, 4) is 23.6 Å². The van der Waals surface area contributed by atoms with Crippen molar-refractivity contribution in [3.05, 3.63) is 203 Å². The summed E-state index contributed by atoms with van der Waals surface area (Å²) in [6, 6.07) is 47.8. The van der Waals surface area contributed by atoms with Crippen molar-refractivity contribution < 1.29 is 55.9 Å². The van der Waals surface area contributed by atoms with Gasteiger partial charge in [0.25, 0.3) is 20.3 Å². The first-order chi connectivity index (χ1) is 45.1. The predicted octanol–water partition coefficient (Wildman–Crippen LogP) is 11.4. The standard InChI is InChI=1S/C66H71N11O13P2S/c1-44(2)77(45(3)4)91(84-36-16-33-67)89-53-38-58(75-35-32-57(73-65(75)80)72-63(78)46-18-10-7-11-19-46)88-56(53)41-86-92(93,85-37-17-34-68)90-54-39-59(76-43-71-60-61(69-42-70-62(60)76)74-64(79)47-20-12-8-13-21-47)87-55(54)40-83-66(48-22-14-9-15-23-48,49-24-28-51(81-5)29-25-49)50-26-30-52(82-6)31-27-50/h7-15,18-32,35,42-45,53-56,58-59H,16-17,36-41H2,1-6H3,(H,69,70,74,79)(H,72,73,78,80)/t53-,54-,55+,56+,58+,59+,91?,92?/m0/s1. The Bertz CT molecular complexity index is 3940. The Morgan fingerprint density at radius 1 is 0.699 bits per heavy atom. The molecule has 0 saturated carbocycles. The van der Waals surface area contributed by atoms with Crippen molar-refractivity contribution in [3.63, 3.8) is 0 Å². The summed E-state index contributed by atoms with van der Waals surface area (Å²) < 4.78 is 71.2. The van der Waals surface area contributed by atoms with E-state index in [1.807, 2.05) is 113 Å². The van der Waals surface area contributed by atoms with Crippen LogP contribution in [-0.4, -0.2) is 123 Å². The summed E-state index contributed by atoms with van der Waals surface area (Å²) in [5, 5.41) is 25.0. The van der Waals surface area contributed by atoms with E-state index in [9.17, 15) is 24.9 Å². The number of nitriles is 2. The van der Waals surface area contributed by atoms with Gasteiger partial charge in [0.2, 0.25) is 0 Å². The van der Waals surface area contributed by atoms with Gasteiger partial charge in [-0.05, 0) is 111 Å². The summed E-state index contributed by atoms with van der Waals surface area (Å²) in [5.74, 6) is 0.619. The van der Waals surface area contributed by atoms with Crippen LogP contribution in [0, 0.1) is 22.7 Å². The van der Waals surface area contributed by atoms with Crippen LogP contribution in [0.4, 0.5) is 11.6 Å². The van der Waals surface area contributed by atoms with Crippen LogP contribution in [-0.2, 0) is 54.2 Å². The molecular weight excluding hydrogens is 1250 g/mol. The molecule has 2 N–H and O–H groups in total. The SMILES string of the molecule is COc1ccc(C(OC[C@H]2O[C@@H](n3cnc4c(NC(=O)c5ccccc5)ncnc43)C[C@@H]2OP(=S)(OCCC#N)OC[C@H]2O[C@@H](n3ccc(NC(=O)c4ccccc4)nc3=O)C[C@@H]2OP(OCCC#N)N(C(C)C)C(C)C)(c2ccccc2)c2ccc(OC)cc2)cc1. The molecule has 2 aliphatic rings. The van der Waals surface area contributed by atoms with Crippen LogP contribution >= 0.6 is 15.2 Å². The number of amides is 2. The van der Waals surface area contributed by atoms with Gasteiger partial charge in [0, 0.05) is 42.2 Å². The molecule has 2 unspecified atom stereocenters. The van der Waals surface area contributed by atoms with Gasteiger partial charge >= 0.3 is 12.4 Å². The Morgan fingerprint density at radius 2 is 1.25 bits per heavy atom. The van der Waals surface area contributed by atoms with Crippen molar-refractivity contribution in [2.75, 3.05) is 51.3 Å². The first kappa shape index (κ1) is 67.7. The van der Waals surface area contributed by atoms with Gasteiger partial charge < -0.3 is 56.9 Å². The van der Waals surface area contributed by atoms with Gasteiger partial charge in [-0.25, -0.2) is 24.4 Å². The number of hydrogen-bond acceptors (Lipinski definition) is 21. The minimum atomic E-state index is -4.04. The molecule has 10 rings (SSSR count). The summed E-state index contributed by atoms with van der Waals surface area (Å²) >= 11 is 6.40. The Morgan fingerprint density at radius 3 is 1.83 bits per heavy atom. The fourth-order valence-corrected chi connectivity index (χ4v) is 14.9. The van der Waals surface area contributed by atoms with E-state index in [0.29, 0.717) is 28.3 Å². The van der Waals surface area contributed by atoms with Gasteiger partial charge in [-0.3, -0.25) is 18.7 Å². The summed E-state index contributed by atoms with van der Waals surface area (Å²) in [6.07, 6.45) is -1.12. The van der Waals surface area contributed by atoms with Crippen LogP contribution in [0.3, 0.4) is 0 Å². The molecule has 5 aromatic carbocycles. The van der Waals surface area contributed by atoms with E-state index in [1.165, 1.54) is 23.2 Å². The molecule has 0 radical (unpaired) electrons. The van der Waals surface area contributed by atoms with Crippen molar-refractivity contribution in [1.29, 1.82) is 10.5 Å². The summed E-state index contributed by atoms with van der Waals surface area (Å²) in [4.78, 5) is 58.5. The third-order valence-corrected chi connectivity index (χ3v) is 19.9. The van der Waals surface area contributed by atoms with Crippen molar-refractivity contribution in [2.45, 2.75) is 108 Å². The molecule has 8 atom stereocenters. The van der Waals surface area contributed by atoms with Crippen LogP contribution in [0.5, 0.6) is 11.5 Å². The number of rotatable bonds is 30. The molecule has 8 aromatic rings. The van der Waals surface area contributed by atoms with Crippen molar-refractivity contribution >= 4 is 61.7 Å². The van der Waals surface area contributed by atoms with Gasteiger partial charge in [0.05, 0.1) is 84.2 Å². The lowest BCUT2D eigenvalue weighted by Crippen LogP contribution is -2.38. The lowest BCUT2D eigenvalue weighted by Gasteiger charge is -2.38. The topological polar surface area (TPSA) is 280 Å². The number of benzene rings is 5. The quantitative estimate of drug-likeness (QED) is 0.0240. The zero-order valence-corrected chi connectivity index (χ0v) is 54.6. The fourth-order valence-electron chi connectivity index (χ4n) is 11.0. The maximum atomic E-state index is 14.0. The number of anilines is 2. The average Bonchev–Trinajstić information content (AvgIpc) is 1.76. The van der Waals surface area contributed by atoms with Crippen LogP contribution in [0.15, 0.2) is 169 Å². The predicted molar refractivity (Wildman–Crippen MR) is 349 cm³/mol. The molecule has 3 aromatic heterocycles. The minimum Gasteiger partial charge on any atom is -0.497 e. The number of imidazole rings is 1. The number of nitrogens with zero attached hydrogens (tertiary/aromatic N) is 9. The van der Waals surface area contributed by atoms with Gasteiger partial charge in [-0.1, -0.05) is 91.0 Å². The Kier molecular flexibility index (Phi) is 23.0. The number of carbonyl (C=O) groups is 2. The molecule has 2 aliphatic heterocycles. The van der Waals surface area contributed by atoms with Gasteiger partial charge in [-0.2, -0.15) is 15.5 Å². The second kappa shape index (κ2) is 31.6. The van der Waals surface area contributed by atoms with Crippen LogP contribution in [0.1, 0.15) is 103 Å². The molecule has 0 aliphatic carbocycles. The normalized spacial score (nSPS) is 19.0. The zero-order valence-electron chi connectivity index (χ0n) is 52.0. The number of aromatic nitrogens is 6. The third kappa shape index (κ3) is 16.2. The van der Waals surface area contributed by atoms with Gasteiger partial charge in [-0.15, -0.1) is 0 Å². The number of ether oxygens (including phenoxy) is 5. The molecule has 93 heavy (non-hydrogen) atoms. The number of carbonyl (C=O) groups excluding carboxylic acids is 2. The molecule has 5 heterocycles. The maximum absolute atomic E-state index is 14.0. The molecule has 27 heteroatoms. The Hall–Kier alpha value is -8.23. The fraction of sp³-hybridized carbons (Fsp3) is 0.348. The Labute approximate surface area is 544 Å². The number of fused-ring (bicyclic) bond motifs is 1. The molecular formula is C66H71N11O13P2S. The number of hydrogen-bond donors (Lipinski definition) is 2. The van der Waals surface area contributed by atoms with Crippen LogP contribution in [0.25, 0.3) is 11.2 Å². The van der Waals surface area contributed by atoms with E-state index >= 15 is 0 Å².